The Labute approximate surface area is 195 Å². The minimum absolute atomic E-state index is 0.0469. The molecule has 1 aromatic carbocycles. The van der Waals surface area contributed by atoms with Gasteiger partial charge in [0, 0.05) is 4.88 Å². The molecule has 2 unspecified atom stereocenters. The number of thioether (sulfide) groups is 1. The van der Waals surface area contributed by atoms with Crippen LogP contribution in [-0.2, 0) is 20.1 Å². The largest absolute Gasteiger partial charge is 0.469 e. The number of amides is 1. The lowest BCUT2D eigenvalue weighted by atomic mass is 10.0. The van der Waals surface area contributed by atoms with Crippen molar-refractivity contribution in [3.8, 4) is 0 Å². The Bertz CT molecular complexity index is 1180. The number of esters is 1. The Hall–Kier alpha value is -2.65. The number of aromatic nitrogens is 2. The molecule has 2 heterocycles. The zero-order valence-electron chi connectivity index (χ0n) is 18.8. The van der Waals surface area contributed by atoms with Crippen LogP contribution in [0, 0.1) is 20.8 Å². The normalized spacial score (nSPS) is 13.0. The highest BCUT2D eigenvalue weighted by atomic mass is 32.2. The van der Waals surface area contributed by atoms with Crippen molar-refractivity contribution in [1.82, 2.24) is 15.3 Å². The quantitative estimate of drug-likeness (QED) is 0.481. The van der Waals surface area contributed by atoms with E-state index in [2.05, 4.69) is 15.3 Å². The fourth-order valence-corrected chi connectivity index (χ4v) is 5.05. The molecule has 0 aliphatic rings. The van der Waals surface area contributed by atoms with Gasteiger partial charge in [0.05, 0.1) is 36.0 Å². The lowest BCUT2D eigenvalue weighted by Gasteiger charge is -2.21. The Kier molecular flexibility index (Phi) is 7.73. The molecule has 170 valence electrons. The summed E-state index contributed by atoms with van der Waals surface area (Å²) in [7, 11) is 1.33. The maximum atomic E-state index is 12.8. The number of ether oxygens (including phenoxy) is 1. The standard InChI is InChI=1S/C23H27N3O4S2/c1-12-6-8-16(9-7-12)17(10-19(27)30-5)24-21(28)15(4)31-11-18-25-22(29)20-13(2)14(3)32-23(20)26-18/h6-9,15,17H,10-11H2,1-5H3,(H,24,28)(H,25,26,29). The van der Waals surface area contributed by atoms with Crippen LogP contribution in [0.25, 0.3) is 10.2 Å². The summed E-state index contributed by atoms with van der Waals surface area (Å²) in [6.07, 6.45) is 0.0469. The van der Waals surface area contributed by atoms with Crippen LogP contribution in [0.15, 0.2) is 29.1 Å². The van der Waals surface area contributed by atoms with E-state index < -0.39 is 17.3 Å². The number of H-pyrrole nitrogens is 1. The van der Waals surface area contributed by atoms with E-state index in [4.69, 9.17) is 4.74 Å². The van der Waals surface area contributed by atoms with Crippen molar-refractivity contribution in [2.45, 2.75) is 51.2 Å². The van der Waals surface area contributed by atoms with Gasteiger partial charge in [0.1, 0.15) is 10.7 Å². The number of thiophene rings is 1. The van der Waals surface area contributed by atoms with E-state index in [0.29, 0.717) is 21.8 Å². The van der Waals surface area contributed by atoms with Crippen LogP contribution in [0.3, 0.4) is 0 Å². The van der Waals surface area contributed by atoms with Crippen LogP contribution in [-0.4, -0.2) is 34.2 Å². The molecular formula is C23H27N3O4S2. The van der Waals surface area contributed by atoms with Gasteiger partial charge in [0.15, 0.2) is 0 Å². The van der Waals surface area contributed by atoms with Gasteiger partial charge in [-0.15, -0.1) is 23.1 Å². The van der Waals surface area contributed by atoms with E-state index in [1.54, 1.807) is 6.92 Å². The molecule has 0 aliphatic carbocycles. The molecule has 0 aliphatic heterocycles. The third-order valence-corrected chi connectivity index (χ3v) is 7.58. The summed E-state index contributed by atoms with van der Waals surface area (Å²) in [5, 5.41) is 3.18. The number of hydrogen-bond donors (Lipinski definition) is 2. The molecule has 0 bridgehead atoms. The summed E-state index contributed by atoms with van der Waals surface area (Å²) in [6.45, 7) is 7.66. The smallest absolute Gasteiger partial charge is 0.307 e. The van der Waals surface area contributed by atoms with Gasteiger partial charge in [-0.1, -0.05) is 29.8 Å². The van der Waals surface area contributed by atoms with Gasteiger partial charge in [0.25, 0.3) is 5.56 Å². The predicted molar refractivity (Wildman–Crippen MR) is 129 cm³/mol. The molecule has 2 N–H and O–H groups in total. The molecule has 3 aromatic rings. The van der Waals surface area contributed by atoms with Crippen LogP contribution in [0.1, 0.15) is 46.8 Å². The molecule has 1 amide bonds. The van der Waals surface area contributed by atoms with Gasteiger partial charge in [-0.05, 0) is 38.8 Å². The van der Waals surface area contributed by atoms with Crippen LogP contribution in [0.4, 0.5) is 0 Å². The van der Waals surface area contributed by atoms with Crippen molar-refractivity contribution in [3.05, 3.63) is 62.0 Å². The van der Waals surface area contributed by atoms with Crippen LogP contribution in [0.5, 0.6) is 0 Å². The zero-order valence-corrected chi connectivity index (χ0v) is 20.4. The van der Waals surface area contributed by atoms with Gasteiger partial charge in [-0.3, -0.25) is 14.4 Å². The second-order valence-corrected chi connectivity index (χ2v) is 10.2. The summed E-state index contributed by atoms with van der Waals surface area (Å²) in [6, 6.07) is 7.20. The molecular weight excluding hydrogens is 446 g/mol. The number of hydrogen-bond acceptors (Lipinski definition) is 7. The maximum Gasteiger partial charge on any atom is 0.307 e. The van der Waals surface area contributed by atoms with Crippen molar-refractivity contribution in [2.75, 3.05) is 7.11 Å². The highest BCUT2D eigenvalue weighted by Crippen LogP contribution is 2.27. The first kappa shape index (κ1) is 24.0. The molecule has 2 aromatic heterocycles. The van der Waals surface area contributed by atoms with Crippen molar-refractivity contribution in [2.24, 2.45) is 0 Å². The van der Waals surface area contributed by atoms with E-state index in [0.717, 1.165) is 21.6 Å². The van der Waals surface area contributed by atoms with E-state index in [-0.39, 0.29) is 17.9 Å². The molecule has 3 rings (SSSR count). The molecule has 0 saturated carbocycles. The summed E-state index contributed by atoms with van der Waals surface area (Å²) in [4.78, 5) is 46.3. The molecule has 0 radical (unpaired) electrons. The van der Waals surface area contributed by atoms with E-state index in [9.17, 15) is 14.4 Å². The molecule has 32 heavy (non-hydrogen) atoms. The van der Waals surface area contributed by atoms with Gasteiger partial charge in [-0.25, -0.2) is 4.98 Å². The number of methoxy groups -OCH3 is 1. The number of nitrogens with one attached hydrogen (secondary N) is 2. The summed E-state index contributed by atoms with van der Waals surface area (Å²) < 4.78 is 4.79. The van der Waals surface area contributed by atoms with Crippen molar-refractivity contribution < 1.29 is 14.3 Å². The summed E-state index contributed by atoms with van der Waals surface area (Å²) in [5.41, 5.74) is 2.74. The number of carbonyl (C=O) groups excluding carboxylic acids is 2. The van der Waals surface area contributed by atoms with Crippen LogP contribution >= 0.6 is 23.1 Å². The summed E-state index contributed by atoms with van der Waals surface area (Å²) in [5.74, 6) is 0.337. The van der Waals surface area contributed by atoms with Crippen LogP contribution in [0.2, 0.25) is 0 Å². The number of aryl methyl sites for hydroxylation is 3. The third-order valence-electron chi connectivity index (χ3n) is 5.32. The number of carbonyl (C=O) groups is 2. The Balaban J connectivity index is 1.68. The number of benzene rings is 1. The highest BCUT2D eigenvalue weighted by molar-refractivity contribution is 7.99. The first-order chi connectivity index (χ1) is 15.2. The molecule has 2 atom stereocenters. The SMILES string of the molecule is COC(=O)CC(NC(=O)C(C)SCc1nc2sc(C)c(C)c2c(=O)[nH]1)c1ccc(C)cc1. The number of aromatic amines is 1. The van der Waals surface area contributed by atoms with Crippen molar-refractivity contribution in [3.63, 3.8) is 0 Å². The zero-order chi connectivity index (χ0) is 23.4. The average Bonchev–Trinajstić information content (AvgIpc) is 3.05. The van der Waals surface area contributed by atoms with Crippen molar-refractivity contribution in [1.29, 1.82) is 0 Å². The monoisotopic (exact) mass is 473 g/mol. The molecule has 7 nitrogen and oxygen atoms in total. The first-order valence-corrected chi connectivity index (χ1v) is 12.1. The summed E-state index contributed by atoms with van der Waals surface area (Å²) >= 11 is 2.87. The lowest BCUT2D eigenvalue weighted by molar-refractivity contribution is -0.141. The molecule has 9 heteroatoms. The van der Waals surface area contributed by atoms with Crippen LogP contribution < -0.4 is 10.9 Å². The van der Waals surface area contributed by atoms with E-state index in [1.807, 2.05) is 45.0 Å². The first-order valence-electron chi connectivity index (χ1n) is 10.2. The molecule has 0 fully saturated rings. The number of rotatable bonds is 8. The topological polar surface area (TPSA) is 101 Å². The minimum Gasteiger partial charge on any atom is -0.469 e. The third kappa shape index (κ3) is 5.58. The Morgan fingerprint density at radius 2 is 1.91 bits per heavy atom. The highest BCUT2D eigenvalue weighted by Gasteiger charge is 2.23. The number of fused-ring (bicyclic) bond motifs is 1. The fraction of sp³-hybridized carbons (Fsp3) is 0.391. The Morgan fingerprint density at radius 1 is 1.22 bits per heavy atom. The average molecular weight is 474 g/mol. The maximum absolute atomic E-state index is 12.8. The van der Waals surface area contributed by atoms with Gasteiger partial charge in [-0.2, -0.15) is 0 Å². The second-order valence-electron chi connectivity index (χ2n) is 7.68. The molecule has 0 saturated heterocycles. The van der Waals surface area contributed by atoms with E-state index in [1.165, 1.54) is 30.2 Å². The lowest BCUT2D eigenvalue weighted by Crippen LogP contribution is -2.35. The minimum atomic E-state index is -0.482. The van der Waals surface area contributed by atoms with Crippen molar-refractivity contribution >= 4 is 45.2 Å². The van der Waals surface area contributed by atoms with Gasteiger partial charge < -0.3 is 15.0 Å². The predicted octanol–water partition coefficient (Wildman–Crippen LogP) is 3.95. The molecule has 0 spiro atoms. The Morgan fingerprint density at radius 3 is 2.56 bits per heavy atom. The van der Waals surface area contributed by atoms with E-state index >= 15 is 0 Å². The van der Waals surface area contributed by atoms with Gasteiger partial charge in [0.2, 0.25) is 5.91 Å². The van der Waals surface area contributed by atoms with Gasteiger partial charge >= 0.3 is 5.97 Å². The second kappa shape index (κ2) is 10.3. The number of nitrogens with zero attached hydrogens (tertiary/aromatic N) is 1. The fourth-order valence-electron chi connectivity index (χ4n) is 3.24.